The number of carbonyl (C=O) groups is 2. The van der Waals surface area contributed by atoms with Gasteiger partial charge >= 0.3 is 0 Å². The van der Waals surface area contributed by atoms with Gasteiger partial charge in [-0.05, 0) is 80.9 Å². The van der Waals surface area contributed by atoms with Crippen LogP contribution in [0.2, 0.25) is 15.1 Å². The van der Waals surface area contributed by atoms with Gasteiger partial charge in [-0.25, -0.2) is 8.42 Å². The zero-order valence-corrected chi connectivity index (χ0v) is 25.5. The molecule has 0 spiro atoms. The number of nitrogens with one attached hydrogen (secondary N) is 1. The molecular weight excluding hydrogens is 597 g/mol. The van der Waals surface area contributed by atoms with Gasteiger partial charge in [-0.2, -0.15) is 0 Å². The van der Waals surface area contributed by atoms with E-state index in [-0.39, 0.29) is 33.2 Å². The van der Waals surface area contributed by atoms with Crippen LogP contribution in [0.4, 0.5) is 5.69 Å². The van der Waals surface area contributed by atoms with Crippen molar-refractivity contribution >= 4 is 62.3 Å². The Morgan fingerprint density at radius 2 is 1.60 bits per heavy atom. The van der Waals surface area contributed by atoms with Crippen LogP contribution >= 0.6 is 34.8 Å². The van der Waals surface area contributed by atoms with Gasteiger partial charge in [0.1, 0.15) is 18.3 Å². The standard InChI is InChI=1S/C28H30Cl3N3O5S/c1-18(2)32-28(36)19(3)33(16-20-8-13-25(30)26(31)14-20)27(35)17-34(22-7-5-6-21(29)15-22)40(37,38)24-11-9-23(39-4)10-12-24/h5-15,18-19H,16-17H2,1-4H3,(H,32,36)/t19-/m1/s1. The summed E-state index contributed by atoms with van der Waals surface area (Å²) in [5, 5.41) is 3.72. The minimum Gasteiger partial charge on any atom is -0.497 e. The van der Waals surface area contributed by atoms with Gasteiger partial charge in [0.25, 0.3) is 10.0 Å². The van der Waals surface area contributed by atoms with Gasteiger partial charge < -0.3 is 15.0 Å². The number of amides is 2. The van der Waals surface area contributed by atoms with Gasteiger partial charge in [0, 0.05) is 17.6 Å². The zero-order chi connectivity index (χ0) is 29.6. The van der Waals surface area contributed by atoms with Gasteiger partial charge in [0.15, 0.2) is 0 Å². The molecule has 0 fully saturated rings. The molecular formula is C28H30Cl3N3O5S. The SMILES string of the molecule is COc1ccc(S(=O)(=O)N(CC(=O)N(Cc2ccc(Cl)c(Cl)c2)[C@H](C)C(=O)NC(C)C)c2cccc(Cl)c2)cc1. The van der Waals surface area contributed by atoms with Crippen molar-refractivity contribution in [3.05, 3.63) is 87.4 Å². The second-order valence-corrected chi connectivity index (χ2v) is 12.4. The van der Waals surface area contributed by atoms with E-state index in [1.54, 1.807) is 57.2 Å². The van der Waals surface area contributed by atoms with Crippen LogP contribution in [0.5, 0.6) is 5.75 Å². The second-order valence-electron chi connectivity index (χ2n) is 9.28. The third-order valence-electron chi connectivity index (χ3n) is 5.96. The number of halogens is 3. The summed E-state index contributed by atoms with van der Waals surface area (Å²) in [5.41, 5.74) is 0.796. The average molecular weight is 627 g/mol. The van der Waals surface area contributed by atoms with Crippen molar-refractivity contribution in [3.63, 3.8) is 0 Å². The number of benzene rings is 3. The molecule has 0 saturated carbocycles. The molecule has 3 rings (SSSR count). The predicted molar refractivity (Wildman–Crippen MR) is 159 cm³/mol. The zero-order valence-electron chi connectivity index (χ0n) is 22.4. The van der Waals surface area contributed by atoms with E-state index in [2.05, 4.69) is 5.32 Å². The Labute approximate surface area is 249 Å². The van der Waals surface area contributed by atoms with Crippen LogP contribution in [-0.2, 0) is 26.2 Å². The lowest BCUT2D eigenvalue weighted by Crippen LogP contribution is -2.52. The molecule has 0 unspecified atom stereocenters. The summed E-state index contributed by atoms with van der Waals surface area (Å²) in [6.07, 6.45) is 0. The number of anilines is 1. The first-order chi connectivity index (χ1) is 18.8. The number of hydrogen-bond donors (Lipinski definition) is 1. The number of methoxy groups -OCH3 is 1. The molecule has 0 radical (unpaired) electrons. The van der Waals surface area contributed by atoms with E-state index in [0.717, 1.165) is 4.31 Å². The molecule has 1 atom stereocenters. The van der Waals surface area contributed by atoms with E-state index in [9.17, 15) is 18.0 Å². The molecule has 8 nitrogen and oxygen atoms in total. The van der Waals surface area contributed by atoms with E-state index in [4.69, 9.17) is 39.5 Å². The summed E-state index contributed by atoms with van der Waals surface area (Å²) in [4.78, 5) is 28.1. The van der Waals surface area contributed by atoms with Crippen LogP contribution in [0.1, 0.15) is 26.3 Å². The summed E-state index contributed by atoms with van der Waals surface area (Å²) in [5.74, 6) is -0.535. The van der Waals surface area contributed by atoms with Crippen molar-refractivity contribution in [1.82, 2.24) is 10.2 Å². The molecule has 3 aromatic carbocycles. The Bertz CT molecular complexity index is 1470. The smallest absolute Gasteiger partial charge is 0.264 e. The number of carbonyl (C=O) groups excluding carboxylic acids is 2. The van der Waals surface area contributed by atoms with Crippen molar-refractivity contribution in [2.45, 2.75) is 44.3 Å². The van der Waals surface area contributed by atoms with Crippen LogP contribution in [0.3, 0.4) is 0 Å². The van der Waals surface area contributed by atoms with E-state index < -0.39 is 34.4 Å². The normalized spacial score (nSPS) is 12.1. The lowest BCUT2D eigenvalue weighted by molar-refractivity contribution is -0.139. The van der Waals surface area contributed by atoms with Crippen LogP contribution in [0, 0.1) is 0 Å². The molecule has 0 aliphatic carbocycles. The minimum absolute atomic E-state index is 0.0195. The maximum Gasteiger partial charge on any atom is 0.264 e. The van der Waals surface area contributed by atoms with Crippen molar-refractivity contribution < 1.29 is 22.7 Å². The molecule has 3 aromatic rings. The number of ether oxygens (including phenoxy) is 1. The molecule has 0 heterocycles. The fraction of sp³-hybridized carbons (Fsp3) is 0.286. The summed E-state index contributed by atoms with van der Waals surface area (Å²) < 4.78 is 33.8. The van der Waals surface area contributed by atoms with Gasteiger partial charge in [-0.15, -0.1) is 0 Å². The fourth-order valence-electron chi connectivity index (χ4n) is 3.86. The Morgan fingerprint density at radius 1 is 0.925 bits per heavy atom. The van der Waals surface area contributed by atoms with Gasteiger partial charge in [-0.3, -0.25) is 13.9 Å². The molecule has 1 N–H and O–H groups in total. The van der Waals surface area contributed by atoms with E-state index >= 15 is 0 Å². The minimum atomic E-state index is -4.24. The maximum absolute atomic E-state index is 13.9. The van der Waals surface area contributed by atoms with E-state index in [0.29, 0.717) is 16.3 Å². The lowest BCUT2D eigenvalue weighted by atomic mass is 10.1. The highest BCUT2D eigenvalue weighted by atomic mass is 35.5. The largest absolute Gasteiger partial charge is 0.497 e. The third-order valence-corrected chi connectivity index (χ3v) is 8.72. The first-order valence-corrected chi connectivity index (χ1v) is 14.9. The first-order valence-electron chi connectivity index (χ1n) is 12.3. The topological polar surface area (TPSA) is 96.0 Å². The molecule has 214 valence electrons. The Balaban J connectivity index is 2.05. The number of hydrogen-bond acceptors (Lipinski definition) is 5. The van der Waals surface area contributed by atoms with Gasteiger partial charge in [-0.1, -0.05) is 46.9 Å². The van der Waals surface area contributed by atoms with Gasteiger partial charge in [0.2, 0.25) is 11.8 Å². The highest BCUT2D eigenvalue weighted by Crippen LogP contribution is 2.28. The second kappa shape index (κ2) is 13.6. The van der Waals surface area contributed by atoms with Crippen molar-refractivity contribution in [2.75, 3.05) is 18.0 Å². The Kier molecular flexibility index (Phi) is 10.7. The lowest BCUT2D eigenvalue weighted by Gasteiger charge is -2.32. The highest BCUT2D eigenvalue weighted by Gasteiger charge is 2.33. The summed E-state index contributed by atoms with van der Waals surface area (Å²) in [6, 6.07) is 15.8. The number of rotatable bonds is 11. The molecule has 40 heavy (non-hydrogen) atoms. The number of sulfonamides is 1. The highest BCUT2D eigenvalue weighted by molar-refractivity contribution is 7.92. The molecule has 0 bridgehead atoms. The molecule has 12 heteroatoms. The molecule has 0 aromatic heterocycles. The summed E-state index contributed by atoms with van der Waals surface area (Å²) in [6.45, 7) is 4.56. The first kappa shape index (κ1) is 31.5. The third kappa shape index (κ3) is 7.81. The van der Waals surface area contributed by atoms with Gasteiger partial charge in [0.05, 0.1) is 27.7 Å². The van der Waals surface area contributed by atoms with Crippen LogP contribution in [0.25, 0.3) is 0 Å². The number of nitrogens with zero attached hydrogens (tertiary/aromatic N) is 2. The van der Waals surface area contributed by atoms with Crippen LogP contribution < -0.4 is 14.4 Å². The average Bonchev–Trinajstić information content (AvgIpc) is 2.91. The van der Waals surface area contributed by atoms with Crippen molar-refractivity contribution in [1.29, 1.82) is 0 Å². The molecule has 0 saturated heterocycles. The molecule has 0 aliphatic rings. The molecule has 0 aliphatic heterocycles. The maximum atomic E-state index is 13.9. The van der Waals surface area contributed by atoms with Crippen molar-refractivity contribution in [2.24, 2.45) is 0 Å². The summed E-state index contributed by atoms with van der Waals surface area (Å²) >= 11 is 18.4. The fourth-order valence-corrected chi connectivity index (χ4v) is 5.77. The summed E-state index contributed by atoms with van der Waals surface area (Å²) in [7, 11) is -2.77. The Hall–Kier alpha value is -2.98. The predicted octanol–water partition coefficient (Wildman–Crippen LogP) is 5.79. The quantitative estimate of drug-likeness (QED) is 0.291. The Morgan fingerprint density at radius 3 is 2.17 bits per heavy atom. The van der Waals surface area contributed by atoms with Crippen LogP contribution in [0.15, 0.2) is 71.6 Å². The monoisotopic (exact) mass is 625 g/mol. The van der Waals surface area contributed by atoms with E-state index in [1.807, 2.05) is 0 Å². The van der Waals surface area contributed by atoms with Crippen LogP contribution in [-0.4, -0.2) is 50.9 Å². The molecule has 2 amide bonds. The van der Waals surface area contributed by atoms with E-state index in [1.165, 1.54) is 42.3 Å². The van der Waals surface area contributed by atoms with Crippen molar-refractivity contribution in [3.8, 4) is 5.75 Å².